The SMILES string of the molecule is CC(=O)C(N=Nc1ccc(Cl)c(C(=O)Nc2ccc(CCl)cc2)c1)C(=O)Nc1ccc(NC(=O)C(N=Nc2ccc(Cl)c(C(=O)Nc3ccc(CCl)cc3)c2)C(C)=O)c(OC(C)Cl)c1. The lowest BCUT2D eigenvalue weighted by Crippen LogP contribution is -2.32. The van der Waals surface area contributed by atoms with Crippen LogP contribution in [0.3, 0.4) is 0 Å². The Labute approximate surface area is 391 Å². The van der Waals surface area contributed by atoms with Crippen LogP contribution in [-0.4, -0.2) is 52.8 Å². The molecule has 0 saturated heterocycles. The molecule has 0 aliphatic rings. The number of nitrogens with one attached hydrogen (secondary N) is 4. The summed E-state index contributed by atoms with van der Waals surface area (Å²) in [5.74, 6) is -3.55. The number of benzene rings is 5. The summed E-state index contributed by atoms with van der Waals surface area (Å²) in [5, 5.41) is 26.8. The Balaban J connectivity index is 1.28. The molecule has 0 radical (unpaired) electrons. The summed E-state index contributed by atoms with van der Waals surface area (Å²) in [6, 6.07) is 23.1. The van der Waals surface area contributed by atoms with Gasteiger partial charge in [-0.3, -0.25) is 28.8 Å². The van der Waals surface area contributed by atoms with Gasteiger partial charge in [0.2, 0.25) is 12.1 Å². The highest BCUT2D eigenvalue weighted by molar-refractivity contribution is 6.35. The summed E-state index contributed by atoms with van der Waals surface area (Å²) in [6.45, 7) is 3.79. The van der Waals surface area contributed by atoms with Crippen LogP contribution in [0.25, 0.3) is 0 Å². The molecule has 4 N–H and O–H groups in total. The molecule has 5 rings (SSSR count). The number of hydrogen-bond donors (Lipinski definition) is 4. The molecule has 0 aliphatic heterocycles. The van der Waals surface area contributed by atoms with Crippen molar-refractivity contribution >= 4 is 127 Å². The summed E-state index contributed by atoms with van der Waals surface area (Å²) in [7, 11) is 0. The maximum Gasteiger partial charge on any atom is 0.258 e. The molecule has 0 heterocycles. The number of hydrogen-bond acceptors (Lipinski definition) is 11. The summed E-state index contributed by atoms with van der Waals surface area (Å²) in [5.41, 5.74) is 2.34. The van der Waals surface area contributed by atoms with E-state index in [9.17, 15) is 28.8 Å². The van der Waals surface area contributed by atoms with Crippen LogP contribution in [0.4, 0.5) is 34.1 Å². The Morgan fingerprint density at radius 1 is 0.562 bits per heavy atom. The van der Waals surface area contributed by atoms with Crippen LogP contribution in [0.2, 0.25) is 10.0 Å². The topological polar surface area (TPSA) is 209 Å². The van der Waals surface area contributed by atoms with Gasteiger partial charge in [-0.1, -0.05) is 59.1 Å². The molecule has 0 spiro atoms. The van der Waals surface area contributed by atoms with Gasteiger partial charge in [-0.2, -0.15) is 20.5 Å². The zero-order valence-corrected chi connectivity index (χ0v) is 37.8. The molecule has 0 aliphatic carbocycles. The van der Waals surface area contributed by atoms with Gasteiger partial charge in [-0.05, 0) is 105 Å². The number of alkyl halides is 3. The van der Waals surface area contributed by atoms with E-state index < -0.39 is 52.8 Å². The minimum atomic E-state index is -1.64. The lowest BCUT2D eigenvalue weighted by atomic mass is 10.1. The Hall–Kier alpha value is -6.23. The number of Topliss-reactive ketones (excluding diaryl/α,β-unsaturated/α-hetero) is 2. The molecular formula is C44H37Cl5N8O7. The van der Waals surface area contributed by atoms with Gasteiger partial charge in [0.25, 0.3) is 23.6 Å². The molecule has 0 fully saturated rings. The number of anilines is 4. The van der Waals surface area contributed by atoms with Gasteiger partial charge in [0.05, 0.1) is 38.2 Å². The Morgan fingerprint density at radius 2 is 0.984 bits per heavy atom. The van der Waals surface area contributed by atoms with E-state index in [4.69, 9.17) is 62.7 Å². The van der Waals surface area contributed by atoms with Crippen molar-refractivity contribution in [3.8, 4) is 5.75 Å². The number of nitrogens with zero attached hydrogens (tertiary/aromatic N) is 4. The van der Waals surface area contributed by atoms with Crippen molar-refractivity contribution < 1.29 is 33.5 Å². The van der Waals surface area contributed by atoms with E-state index >= 15 is 0 Å². The highest BCUT2D eigenvalue weighted by Gasteiger charge is 2.27. The first-order valence-electron chi connectivity index (χ1n) is 19.0. The van der Waals surface area contributed by atoms with Crippen molar-refractivity contribution in [2.24, 2.45) is 20.5 Å². The molecule has 5 aromatic rings. The first-order chi connectivity index (χ1) is 30.5. The van der Waals surface area contributed by atoms with Crippen LogP contribution in [0.5, 0.6) is 5.75 Å². The average molecular weight is 967 g/mol. The monoisotopic (exact) mass is 964 g/mol. The highest BCUT2D eigenvalue weighted by atomic mass is 35.5. The highest BCUT2D eigenvalue weighted by Crippen LogP contribution is 2.31. The zero-order chi connectivity index (χ0) is 46.5. The van der Waals surface area contributed by atoms with Crippen LogP contribution >= 0.6 is 58.0 Å². The van der Waals surface area contributed by atoms with Crippen molar-refractivity contribution in [1.29, 1.82) is 0 Å². The number of carbonyl (C=O) groups is 6. The van der Waals surface area contributed by atoms with Crippen molar-refractivity contribution in [3.63, 3.8) is 0 Å². The van der Waals surface area contributed by atoms with E-state index in [1.165, 1.54) is 61.5 Å². The second-order valence-corrected chi connectivity index (χ2v) is 15.7. The van der Waals surface area contributed by atoms with E-state index in [-0.39, 0.29) is 49.7 Å². The smallest absolute Gasteiger partial charge is 0.258 e. The molecule has 64 heavy (non-hydrogen) atoms. The summed E-state index contributed by atoms with van der Waals surface area (Å²) < 4.78 is 5.69. The number of carbonyl (C=O) groups excluding carboxylic acids is 6. The van der Waals surface area contributed by atoms with Crippen LogP contribution < -0.4 is 26.0 Å². The Morgan fingerprint density at radius 3 is 1.39 bits per heavy atom. The Bertz CT molecular complexity index is 2630. The van der Waals surface area contributed by atoms with Gasteiger partial charge in [0, 0.05) is 34.9 Å². The van der Waals surface area contributed by atoms with E-state index in [2.05, 4.69) is 41.7 Å². The maximum atomic E-state index is 13.5. The molecule has 0 bridgehead atoms. The van der Waals surface area contributed by atoms with Gasteiger partial charge in [-0.15, -0.1) is 23.2 Å². The molecule has 3 atom stereocenters. The lowest BCUT2D eigenvalue weighted by Gasteiger charge is -2.17. The lowest BCUT2D eigenvalue weighted by molar-refractivity contribution is -0.127. The molecule has 330 valence electrons. The van der Waals surface area contributed by atoms with Crippen LogP contribution in [0, 0.1) is 0 Å². The van der Waals surface area contributed by atoms with Crippen LogP contribution in [-0.2, 0) is 30.9 Å². The van der Waals surface area contributed by atoms with Gasteiger partial charge in [0.1, 0.15) is 5.75 Å². The fourth-order valence-electron chi connectivity index (χ4n) is 5.52. The molecular weight excluding hydrogens is 930 g/mol. The van der Waals surface area contributed by atoms with E-state index in [1.807, 2.05) is 0 Å². The average Bonchev–Trinajstić information content (AvgIpc) is 3.25. The predicted octanol–water partition coefficient (Wildman–Crippen LogP) is 11.3. The third kappa shape index (κ3) is 13.6. The second kappa shape index (κ2) is 22.9. The summed E-state index contributed by atoms with van der Waals surface area (Å²) in [4.78, 5) is 78.1. The van der Waals surface area contributed by atoms with Gasteiger partial charge >= 0.3 is 0 Å². The molecule has 0 aromatic heterocycles. The van der Waals surface area contributed by atoms with Gasteiger partial charge in [-0.25, -0.2) is 0 Å². The molecule has 3 unspecified atom stereocenters. The summed E-state index contributed by atoms with van der Waals surface area (Å²) in [6.07, 6.45) is 0. The van der Waals surface area contributed by atoms with Crippen LogP contribution in [0.15, 0.2) is 124 Å². The van der Waals surface area contributed by atoms with E-state index in [0.717, 1.165) is 25.0 Å². The van der Waals surface area contributed by atoms with Crippen molar-refractivity contribution in [2.75, 3.05) is 21.3 Å². The first kappa shape index (κ1) is 48.8. The normalized spacial score (nSPS) is 12.6. The fourth-order valence-corrected chi connectivity index (χ4v) is 6.38. The fraction of sp³-hybridized carbons (Fsp3) is 0.182. The molecule has 0 saturated carbocycles. The van der Waals surface area contributed by atoms with E-state index in [0.29, 0.717) is 23.1 Å². The zero-order valence-electron chi connectivity index (χ0n) is 34.0. The third-order valence-electron chi connectivity index (χ3n) is 8.76. The third-order valence-corrected chi connectivity index (χ3v) is 10.1. The van der Waals surface area contributed by atoms with Crippen molar-refractivity contribution in [2.45, 2.75) is 50.2 Å². The number of azo groups is 2. The second-order valence-electron chi connectivity index (χ2n) is 13.7. The van der Waals surface area contributed by atoms with Crippen LogP contribution in [0.1, 0.15) is 52.6 Å². The molecule has 5 aromatic carbocycles. The largest absolute Gasteiger partial charge is 0.473 e. The summed E-state index contributed by atoms with van der Waals surface area (Å²) >= 11 is 30.4. The van der Waals surface area contributed by atoms with E-state index in [1.54, 1.807) is 48.5 Å². The first-order valence-corrected chi connectivity index (χ1v) is 21.2. The Kier molecular flexibility index (Phi) is 17.5. The standard InChI is InChI=1S/C44H37Cl5N8O7/c1-23(58)39(56-54-31-12-15-35(48)33(18-31)41(60)50-28-8-4-26(21-45)5-9-28)43(62)52-30-14-17-37(38(20-30)64-25(3)47)53-44(63)40(24(2)59)57-55-32-13-16-36(49)34(19-32)42(61)51-29-10-6-27(22-46)7-11-29/h4-20,25,39-40H,21-22H2,1-3H3,(H,50,60)(H,51,61)(H,52,62)(H,53,63). The van der Waals surface area contributed by atoms with Crippen molar-refractivity contribution in [3.05, 3.63) is 135 Å². The van der Waals surface area contributed by atoms with Crippen molar-refractivity contribution in [1.82, 2.24) is 0 Å². The number of ketones is 2. The quantitative estimate of drug-likeness (QED) is 0.0379. The maximum absolute atomic E-state index is 13.5. The van der Waals surface area contributed by atoms with Gasteiger partial charge < -0.3 is 26.0 Å². The minimum Gasteiger partial charge on any atom is -0.473 e. The molecule has 15 nitrogen and oxygen atoms in total. The molecule has 4 amide bonds. The number of halogens is 5. The predicted molar refractivity (Wildman–Crippen MR) is 248 cm³/mol. The number of amides is 4. The molecule has 20 heteroatoms. The number of rotatable bonds is 18. The van der Waals surface area contributed by atoms with Gasteiger partial charge in [0.15, 0.2) is 17.1 Å². The number of ether oxygens (including phenoxy) is 1. The minimum absolute atomic E-state index is 0.0264.